The normalized spacial score (nSPS) is 2.00. The molecule has 0 bridgehead atoms. The van der Waals surface area contributed by atoms with Crippen LogP contribution in [0.5, 0.6) is 0 Å². The number of hydrogen-bond acceptors (Lipinski definition) is 3. The van der Waals surface area contributed by atoms with Gasteiger partial charge in [0.25, 0.3) is 0 Å². The molecule has 0 unspecified atom stereocenters. The Bertz CT molecular complexity index is 43.6. The van der Waals surface area contributed by atoms with E-state index in [0.717, 1.165) is 7.11 Å². The zero-order valence-electron chi connectivity index (χ0n) is 9.58. The summed E-state index contributed by atoms with van der Waals surface area (Å²) in [5, 5.41) is 7.00. The largest absolute Gasteiger partial charge is 1.00 e. The first-order valence-electron chi connectivity index (χ1n) is 0.855. The Morgan fingerprint density at radius 3 is 1.43 bits per heavy atom. The van der Waals surface area contributed by atoms with Crippen molar-refractivity contribution in [3.05, 3.63) is 0 Å². The molecule has 0 rings (SSSR count). The van der Waals surface area contributed by atoms with Gasteiger partial charge >= 0.3 is 14.7 Å². The monoisotopic (exact) mass is 295 g/mol. The Balaban J connectivity index is -0.00000000109. The summed E-state index contributed by atoms with van der Waals surface area (Å²) in [6, 6.07) is 0. The van der Waals surface area contributed by atoms with Gasteiger partial charge in [-0.2, -0.15) is 9.59 Å². The summed E-state index contributed by atoms with van der Waals surface area (Å²) < 4.78 is 0. The van der Waals surface area contributed by atoms with Crippen LogP contribution >= 0.6 is 0 Å². The fraction of sp³-hybridized carbons (Fsp3) is 0.500. The quantitative estimate of drug-likeness (QED) is 0.614. The van der Waals surface area contributed by atoms with Crippen LogP contribution in [0.2, 0.25) is 0 Å². The summed E-state index contributed by atoms with van der Waals surface area (Å²) in [6.45, 7) is 0. The predicted octanol–water partition coefficient (Wildman–Crippen LogP) is -1.13. The van der Waals surface area contributed by atoms with Crippen LogP contribution in [-0.4, -0.2) is 23.8 Å². The molecule has 0 radical (unpaired) electrons. The Morgan fingerprint density at radius 1 is 1.43 bits per heavy atom. The average Bonchev–Trinajstić information content (AvgIpc) is 1.46. The molecule has 0 aromatic rings. The van der Waals surface area contributed by atoms with E-state index in [9.17, 15) is 0 Å². The molecule has 4 nitrogen and oxygen atoms in total. The third-order valence-electron chi connectivity index (χ3n) is 0. The van der Waals surface area contributed by atoms with Crippen molar-refractivity contribution in [1.29, 1.82) is 0 Å². The fourth-order valence-electron chi connectivity index (χ4n) is 0. The molecule has 0 saturated carbocycles. The zero-order chi connectivity index (χ0) is 4.71. The molecule has 0 aliphatic heterocycles. The maximum atomic E-state index is 8.12. The van der Waals surface area contributed by atoms with Gasteiger partial charge in [0.15, 0.2) is 0 Å². The van der Waals surface area contributed by atoms with Crippen molar-refractivity contribution in [3.63, 3.8) is 0 Å². The van der Waals surface area contributed by atoms with Gasteiger partial charge in [-0.25, -0.2) is 0 Å². The van der Waals surface area contributed by atoms with Crippen molar-refractivity contribution in [3.8, 4) is 0 Å². The number of aliphatic hydroxyl groups excluding tert-OH is 1. The van der Waals surface area contributed by atoms with Gasteiger partial charge in [-0.15, -0.1) is 0 Å². The minimum Gasteiger partial charge on any atom is -0.412 e. The minimum atomic E-state index is 0. The molecular weight excluding hydrogens is 283 g/mol. The average molecular weight is 295 g/mol. The molecule has 0 amide bonds. The van der Waals surface area contributed by atoms with E-state index in [1.165, 1.54) is 0 Å². The Kier molecular flexibility index (Phi) is 612. The molecular formula is C2H12O4Pt+6. The molecule has 0 heterocycles. The fourth-order valence-corrected chi connectivity index (χ4v) is 0. The van der Waals surface area contributed by atoms with Crippen molar-refractivity contribution >= 4 is 6.15 Å². The van der Waals surface area contributed by atoms with E-state index in [-0.39, 0.29) is 41.3 Å². The second-order valence-corrected chi connectivity index (χ2v) is 0.0833. The van der Waals surface area contributed by atoms with Gasteiger partial charge < -0.3 is 10.6 Å². The van der Waals surface area contributed by atoms with Gasteiger partial charge in [-0.1, -0.05) is 0 Å². The Labute approximate surface area is 64.0 Å². The Morgan fingerprint density at radius 2 is 1.43 bits per heavy atom. The molecule has 48 valence electrons. The van der Waals surface area contributed by atoms with Gasteiger partial charge in [0.05, 0.1) is 0 Å². The first-order chi connectivity index (χ1) is 2.41. The van der Waals surface area contributed by atoms with Crippen LogP contribution in [0.1, 0.15) is 8.56 Å². The van der Waals surface area contributed by atoms with E-state index >= 15 is 0 Å². The number of carbonyl (C=O) groups excluding carboxylic acids is 2. The Hall–Kier alpha value is -0.0117. The van der Waals surface area contributed by atoms with Crippen LogP contribution in [-0.2, 0) is 30.7 Å². The van der Waals surface area contributed by atoms with E-state index in [4.69, 9.17) is 14.7 Å². The third kappa shape index (κ3) is 697000. The molecule has 0 spiro atoms. The molecule has 0 aromatic carbocycles. The van der Waals surface area contributed by atoms with Crippen molar-refractivity contribution in [2.45, 2.75) is 0 Å². The molecule has 0 aliphatic carbocycles. The molecule has 5 heteroatoms. The first kappa shape index (κ1) is 28.1. The summed E-state index contributed by atoms with van der Waals surface area (Å²) in [7, 11) is 1.00. The smallest absolute Gasteiger partial charge is 0.412 e. The first-order valence-corrected chi connectivity index (χ1v) is 0.855. The molecule has 0 saturated heterocycles. The summed E-state index contributed by atoms with van der Waals surface area (Å²) >= 11 is 0. The SMILES string of the molecule is CO.O.O=C=O.[H+].[H+].[H+].[H+].[H+].[H+].[Pt]. The van der Waals surface area contributed by atoms with Crippen molar-refractivity contribution in [2.75, 3.05) is 7.11 Å². The third-order valence-corrected chi connectivity index (χ3v) is 0. The summed E-state index contributed by atoms with van der Waals surface area (Å²) in [5.41, 5.74) is 0. The molecule has 0 atom stereocenters. The molecule has 7 heavy (non-hydrogen) atoms. The van der Waals surface area contributed by atoms with Gasteiger partial charge in [0, 0.05) is 28.2 Å². The second-order valence-electron chi connectivity index (χ2n) is 0.0833. The second kappa shape index (κ2) is 153. The van der Waals surface area contributed by atoms with Gasteiger partial charge in [0.2, 0.25) is 0 Å². The van der Waals surface area contributed by atoms with E-state index in [2.05, 4.69) is 0 Å². The van der Waals surface area contributed by atoms with Crippen molar-refractivity contribution < 1.29 is 49.8 Å². The van der Waals surface area contributed by atoms with Gasteiger partial charge in [-0.3, -0.25) is 0 Å². The summed E-state index contributed by atoms with van der Waals surface area (Å²) in [6.07, 6.45) is 0.250. The van der Waals surface area contributed by atoms with Crippen LogP contribution in [0.4, 0.5) is 0 Å². The van der Waals surface area contributed by atoms with E-state index in [1.54, 1.807) is 0 Å². The van der Waals surface area contributed by atoms with Crippen LogP contribution in [0.3, 0.4) is 0 Å². The summed E-state index contributed by atoms with van der Waals surface area (Å²) in [5.74, 6) is 0. The number of rotatable bonds is 0. The van der Waals surface area contributed by atoms with E-state index in [0.29, 0.717) is 0 Å². The maximum absolute atomic E-state index is 8.12. The molecule has 0 aliphatic rings. The number of hydrogen-bond donors (Lipinski definition) is 1. The minimum absolute atomic E-state index is 0. The van der Waals surface area contributed by atoms with Crippen LogP contribution in [0, 0.1) is 0 Å². The van der Waals surface area contributed by atoms with Gasteiger partial charge in [-0.05, 0) is 0 Å². The molecule has 3 N–H and O–H groups in total. The maximum Gasteiger partial charge on any atom is 1.00 e. The van der Waals surface area contributed by atoms with Crippen LogP contribution in [0.25, 0.3) is 0 Å². The van der Waals surface area contributed by atoms with Crippen molar-refractivity contribution in [1.82, 2.24) is 0 Å². The number of aliphatic hydroxyl groups is 1. The molecule has 0 aromatic heterocycles. The zero-order valence-corrected chi connectivity index (χ0v) is 5.85. The standard InChI is InChI=1S/CO2.CH4O.H2O.Pt/c2-1-3;1-2;;/h;2H,1H3;1H2;/p+6. The summed E-state index contributed by atoms with van der Waals surface area (Å²) in [4.78, 5) is 16.2. The van der Waals surface area contributed by atoms with Crippen molar-refractivity contribution in [2.24, 2.45) is 0 Å². The van der Waals surface area contributed by atoms with E-state index in [1.807, 2.05) is 0 Å². The molecule has 0 fully saturated rings. The predicted molar refractivity (Wildman–Crippen MR) is 23.4 cm³/mol. The topological polar surface area (TPSA) is 85.9 Å². The van der Waals surface area contributed by atoms with Gasteiger partial charge in [0.1, 0.15) is 0 Å². The van der Waals surface area contributed by atoms with Crippen LogP contribution in [0.15, 0.2) is 0 Å². The van der Waals surface area contributed by atoms with E-state index < -0.39 is 0 Å². The van der Waals surface area contributed by atoms with Crippen LogP contribution < -0.4 is 0 Å².